The third-order valence-electron chi connectivity index (χ3n) is 3.41. The fraction of sp³-hybridized carbons (Fsp3) is 0.222. The Morgan fingerprint density at radius 2 is 1.88 bits per heavy atom. The molecule has 126 valence electrons. The van der Waals surface area contributed by atoms with Crippen molar-refractivity contribution in [1.82, 2.24) is 0 Å². The van der Waals surface area contributed by atoms with Gasteiger partial charge in [0.2, 0.25) is 0 Å². The number of hydrogen-bond donors (Lipinski definition) is 0. The number of benzene rings is 2. The topological polar surface area (TPSA) is 60.4 Å². The second kappa shape index (κ2) is 8.57. The average Bonchev–Trinajstić information content (AvgIpc) is 2.64. The van der Waals surface area contributed by atoms with Gasteiger partial charge in [-0.3, -0.25) is 4.79 Å². The van der Waals surface area contributed by atoms with Crippen molar-refractivity contribution in [3.63, 3.8) is 0 Å². The number of oxime groups is 1. The van der Waals surface area contributed by atoms with Crippen LogP contribution in [0.2, 0.25) is 0 Å². The molecule has 0 N–H and O–H groups in total. The van der Waals surface area contributed by atoms with E-state index in [-0.39, 0.29) is 12.5 Å². The monoisotopic (exact) mass is 328 g/mol. The summed E-state index contributed by atoms with van der Waals surface area (Å²) >= 11 is 0. The van der Waals surface area contributed by atoms with Crippen molar-refractivity contribution in [2.75, 3.05) is 32.8 Å². The van der Waals surface area contributed by atoms with E-state index in [4.69, 9.17) is 14.3 Å². The highest BCUT2D eigenvalue weighted by Gasteiger charge is 2.10. The molecule has 0 saturated carbocycles. The SMILES string of the molecule is COc1ccc(OC)c(/C=N/OCC(=O)N(C)c2ccccc2)c1. The summed E-state index contributed by atoms with van der Waals surface area (Å²) in [6, 6.07) is 14.7. The predicted molar refractivity (Wildman–Crippen MR) is 92.9 cm³/mol. The maximum atomic E-state index is 12.1. The van der Waals surface area contributed by atoms with Crippen LogP contribution in [0.3, 0.4) is 0 Å². The molecule has 0 aliphatic heterocycles. The number of carbonyl (C=O) groups excluding carboxylic acids is 1. The van der Waals surface area contributed by atoms with Crippen molar-refractivity contribution in [2.45, 2.75) is 0 Å². The largest absolute Gasteiger partial charge is 0.497 e. The number of nitrogens with zero attached hydrogens (tertiary/aromatic N) is 2. The number of hydrogen-bond acceptors (Lipinski definition) is 5. The molecule has 24 heavy (non-hydrogen) atoms. The van der Waals surface area contributed by atoms with E-state index in [9.17, 15) is 4.79 Å². The number of para-hydroxylation sites is 1. The summed E-state index contributed by atoms with van der Waals surface area (Å²) in [5.74, 6) is 1.11. The number of methoxy groups -OCH3 is 2. The molecule has 0 bridgehead atoms. The first-order valence-corrected chi connectivity index (χ1v) is 7.34. The molecule has 6 heteroatoms. The lowest BCUT2D eigenvalue weighted by Crippen LogP contribution is -2.29. The van der Waals surface area contributed by atoms with Crippen LogP contribution in [0.1, 0.15) is 5.56 Å². The van der Waals surface area contributed by atoms with Gasteiger partial charge in [-0.05, 0) is 30.3 Å². The molecular weight excluding hydrogens is 308 g/mol. The maximum Gasteiger partial charge on any atom is 0.267 e. The summed E-state index contributed by atoms with van der Waals surface area (Å²) in [5, 5.41) is 3.83. The molecule has 0 heterocycles. The smallest absolute Gasteiger partial charge is 0.267 e. The van der Waals surface area contributed by atoms with Crippen molar-refractivity contribution in [3.05, 3.63) is 54.1 Å². The van der Waals surface area contributed by atoms with E-state index in [1.54, 1.807) is 39.5 Å². The molecule has 6 nitrogen and oxygen atoms in total. The van der Waals surface area contributed by atoms with Crippen molar-refractivity contribution in [2.24, 2.45) is 5.16 Å². The van der Waals surface area contributed by atoms with Gasteiger partial charge >= 0.3 is 0 Å². The van der Waals surface area contributed by atoms with Crippen LogP contribution in [-0.2, 0) is 9.63 Å². The minimum atomic E-state index is -0.198. The second-order valence-corrected chi connectivity index (χ2v) is 4.90. The highest BCUT2D eigenvalue weighted by Crippen LogP contribution is 2.22. The highest BCUT2D eigenvalue weighted by atomic mass is 16.6. The van der Waals surface area contributed by atoms with Gasteiger partial charge in [0.1, 0.15) is 11.5 Å². The molecule has 0 radical (unpaired) electrons. The van der Waals surface area contributed by atoms with Crippen molar-refractivity contribution in [1.29, 1.82) is 0 Å². The van der Waals surface area contributed by atoms with E-state index in [0.717, 1.165) is 5.69 Å². The van der Waals surface area contributed by atoms with Gasteiger partial charge in [-0.25, -0.2) is 0 Å². The Morgan fingerprint density at radius 1 is 1.12 bits per heavy atom. The van der Waals surface area contributed by atoms with Crippen molar-refractivity contribution in [3.8, 4) is 11.5 Å². The van der Waals surface area contributed by atoms with Crippen molar-refractivity contribution < 1.29 is 19.1 Å². The predicted octanol–water partition coefficient (Wildman–Crippen LogP) is 2.72. The average molecular weight is 328 g/mol. The number of likely N-dealkylation sites (N-methyl/N-ethyl adjacent to an activating group) is 1. The third-order valence-corrected chi connectivity index (χ3v) is 3.41. The molecule has 2 aromatic rings. The Balaban J connectivity index is 1.94. The van der Waals surface area contributed by atoms with Crippen LogP contribution >= 0.6 is 0 Å². The fourth-order valence-corrected chi connectivity index (χ4v) is 2.02. The van der Waals surface area contributed by atoms with Gasteiger partial charge in [0.15, 0.2) is 6.61 Å². The van der Waals surface area contributed by atoms with Crippen LogP contribution in [0.15, 0.2) is 53.7 Å². The summed E-state index contributed by atoms with van der Waals surface area (Å²) in [7, 11) is 4.84. The van der Waals surface area contributed by atoms with Crippen LogP contribution < -0.4 is 14.4 Å². The van der Waals surface area contributed by atoms with Crippen LogP contribution in [0.4, 0.5) is 5.69 Å². The number of rotatable bonds is 7. The molecule has 0 atom stereocenters. The van der Waals surface area contributed by atoms with Crippen molar-refractivity contribution >= 4 is 17.8 Å². The number of amides is 1. The Bertz CT molecular complexity index is 701. The minimum absolute atomic E-state index is 0.159. The third kappa shape index (κ3) is 4.49. The number of anilines is 1. The van der Waals surface area contributed by atoms with Crippen LogP contribution in [0.25, 0.3) is 0 Å². The van der Waals surface area contributed by atoms with Gasteiger partial charge in [0.05, 0.1) is 20.4 Å². The van der Waals surface area contributed by atoms with E-state index >= 15 is 0 Å². The van der Waals surface area contributed by atoms with E-state index in [0.29, 0.717) is 17.1 Å². The van der Waals surface area contributed by atoms with Gasteiger partial charge in [0, 0.05) is 18.3 Å². The summed E-state index contributed by atoms with van der Waals surface area (Å²) in [5.41, 5.74) is 1.49. The minimum Gasteiger partial charge on any atom is -0.497 e. The van der Waals surface area contributed by atoms with Gasteiger partial charge in [-0.15, -0.1) is 0 Å². The Kier molecular flexibility index (Phi) is 6.19. The molecule has 0 aromatic heterocycles. The highest BCUT2D eigenvalue weighted by molar-refractivity contribution is 5.93. The maximum absolute atomic E-state index is 12.1. The van der Waals surface area contributed by atoms with E-state index in [2.05, 4.69) is 5.16 Å². The molecule has 0 aliphatic carbocycles. The number of ether oxygens (including phenoxy) is 2. The first kappa shape index (κ1) is 17.3. The molecule has 2 aromatic carbocycles. The zero-order valence-electron chi connectivity index (χ0n) is 13.9. The zero-order valence-corrected chi connectivity index (χ0v) is 13.9. The fourth-order valence-electron chi connectivity index (χ4n) is 2.02. The lowest BCUT2D eigenvalue weighted by Gasteiger charge is -2.16. The molecule has 0 aliphatic rings. The standard InChI is InChI=1S/C18H20N2O4/c1-20(15-7-5-4-6-8-15)18(21)13-24-19-12-14-11-16(22-2)9-10-17(14)23-3/h4-12H,13H2,1-3H3/b19-12+. The summed E-state index contributed by atoms with van der Waals surface area (Å²) in [6.45, 7) is -0.159. The van der Waals surface area contributed by atoms with Crippen LogP contribution in [0, 0.1) is 0 Å². The Labute approximate surface area is 141 Å². The summed E-state index contributed by atoms with van der Waals surface area (Å²) in [6.07, 6.45) is 1.48. The lowest BCUT2D eigenvalue weighted by atomic mass is 10.2. The van der Waals surface area contributed by atoms with Crippen LogP contribution in [-0.4, -0.2) is 40.0 Å². The normalized spacial score (nSPS) is 10.5. The molecule has 0 spiro atoms. The van der Waals surface area contributed by atoms with Crippen LogP contribution in [0.5, 0.6) is 11.5 Å². The van der Waals surface area contributed by atoms with Gasteiger partial charge < -0.3 is 19.2 Å². The molecule has 0 saturated heterocycles. The molecule has 0 fully saturated rings. The summed E-state index contributed by atoms with van der Waals surface area (Å²) < 4.78 is 10.4. The second-order valence-electron chi connectivity index (χ2n) is 4.90. The van der Waals surface area contributed by atoms with E-state index < -0.39 is 0 Å². The van der Waals surface area contributed by atoms with E-state index in [1.165, 1.54) is 11.1 Å². The molecule has 2 rings (SSSR count). The summed E-state index contributed by atoms with van der Waals surface area (Å²) in [4.78, 5) is 18.7. The first-order chi connectivity index (χ1) is 11.7. The van der Waals surface area contributed by atoms with E-state index in [1.807, 2.05) is 30.3 Å². The van der Waals surface area contributed by atoms with Gasteiger partial charge in [-0.1, -0.05) is 23.4 Å². The quantitative estimate of drug-likeness (QED) is 0.579. The molecule has 0 unspecified atom stereocenters. The Hall–Kier alpha value is -3.02. The lowest BCUT2D eigenvalue weighted by molar-refractivity contribution is -0.122. The number of carbonyl (C=O) groups is 1. The molecule has 1 amide bonds. The first-order valence-electron chi connectivity index (χ1n) is 7.34. The van der Waals surface area contributed by atoms with Gasteiger partial charge in [-0.2, -0.15) is 0 Å². The molecular formula is C18H20N2O4. The Morgan fingerprint density at radius 3 is 2.54 bits per heavy atom. The zero-order chi connectivity index (χ0) is 17.4. The van der Waals surface area contributed by atoms with Gasteiger partial charge in [0.25, 0.3) is 5.91 Å².